The molecule has 0 saturated carbocycles. The highest BCUT2D eigenvalue weighted by atomic mass is 32.2. The van der Waals surface area contributed by atoms with E-state index < -0.39 is 6.04 Å². The number of thioether (sulfide) groups is 1. The number of aryl methyl sites for hydroxylation is 1. The molecule has 7 heteroatoms. The molecule has 3 heterocycles. The van der Waals surface area contributed by atoms with E-state index in [0.717, 1.165) is 5.69 Å². The van der Waals surface area contributed by atoms with Crippen molar-refractivity contribution in [2.24, 2.45) is 0 Å². The summed E-state index contributed by atoms with van der Waals surface area (Å²) in [5.41, 5.74) is 2.12. The first-order valence-corrected chi connectivity index (χ1v) is 9.25. The summed E-state index contributed by atoms with van der Waals surface area (Å²) in [6.45, 7) is 7.08. The number of amides is 2. The number of carbonyl (C=O) groups excluding carboxylic acids is 2. The molecule has 1 atom stereocenters. The second-order valence-electron chi connectivity index (χ2n) is 5.75. The van der Waals surface area contributed by atoms with Crippen LogP contribution in [-0.2, 0) is 4.79 Å². The largest absolute Gasteiger partial charge is 0.449 e. The Bertz CT molecular complexity index is 770. The first kappa shape index (κ1) is 16.8. The maximum absolute atomic E-state index is 12.8. The first-order chi connectivity index (χ1) is 11.5. The van der Waals surface area contributed by atoms with Gasteiger partial charge >= 0.3 is 0 Å². The van der Waals surface area contributed by atoms with E-state index in [1.165, 1.54) is 0 Å². The second kappa shape index (κ2) is 6.84. The summed E-state index contributed by atoms with van der Waals surface area (Å²) in [4.78, 5) is 33.2. The average molecular weight is 347 g/mol. The van der Waals surface area contributed by atoms with Crippen LogP contribution in [-0.4, -0.2) is 57.4 Å². The minimum Gasteiger partial charge on any atom is -0.449 e. The van der Waals surface area contributed by atoms with Crippen LogP contribution >= 0.6 is 11.8 Å². The number of pyridine rings is 1. The lowest BCUT2D eigenvalue weighted by atomic mass is 10.2. The fourth-order valence-corrected chi connectivity index (χ4v) is 4.01. The molecule has 6 nitrogen and oxygen atoms in total. The minimum absolute atomic E-state index is 0.00318. The molecule has 1 aliphatic rings. The van der Waals surface area contributed by atoms with Crippen LogP contribution in [0.15, 0.2) is 22.6 Å². The summed E-state index contributed by atoms with van der Waals surface area (Å²) in [5, 5.41) is 0. The molecule has 1 fully saturated rings. The minimum atomic E-state index is -0.426. The highest BCUT2D eigenvalue weighted by Gasteiger charge is 2.38. The van der Waals surface area contributed by atoms with Gasteiger partial charge in [0.25, 0.3) is 5.91 Å². The number of carbonyl (C=O) groups is 2. The maximum atomic E-state index is 12.8. The summed E-state index contributed by atoms with van der Waals surface area (Å²) >= 11 is 1.59. The van der Waals surface area contributed by atoms with Crippen LogP contribution < -0.4 is 0 Å². The van der Waals surface area contributed by atoms with Crippen molar-refractivity contribution in [2.75, 3.05) is 24.7 Å². The zero-order valence-electron chi connectivity index (χ0n) is 14.1. The van der Waals surface area contributed by atoms with Crippen LogP contribution in [0.5, 0.6) is 0 Å². The Labute approximate surface area is 145 Å². The smallest absolute Gasteiger partial charge is 0.291 e. The van der Waals surface area contributed by atoms with Crippen molar-refractivity contribution in [2.45, 2.75) is 26.8 Å². The number of hydrogen-bond acceptors (Lipinski definition) is 5. The molecule has 3 rings (SSSR count). The van der Waals surface area contributed by atoms with Crippen LogP contribution in [0.2, 0.25) is 0 Å². The van der Waals surface area contributed by atoms with E-state index in [-0.39, 0.29) is 17.6 Å². The highest BCUT2D eigenvalue weighted by molar-refractivity contribution is 7.99. The van der Waals surface area contributed by atoms with Crippen LogP contribution in [0.25, 0.3) is 11.1 Å². The normalized spacial score (nSPS) is 17.5. The molecule has 2 amide bonds. The van der Waals surface area contributed by atoms with Gasteiger partial charge in [0.15, 0.2) is 11.3 Å². The third kappa shape index (κ3) is 3.00. The van der Waals surface area contributed by atoms with Crippen LogP contribution in [0.1, 0.15) is 30.1 Å². The Morgan fingerprint density at radius 1 is 1.38 bits per heavy atom. The van der Waals surface area contributed by atoms with Gasteiger partial charge in [0.05, 0.1) is 5.88 Å². The van der Waals surface area contributed by atoms with Crippen molar-refractivity contribution in [3.05, 3.63) is 29.7 Å². The van der Waals surface area contributed by atoms with Gasteiger partial charge in [-0.1, -0.05) is 0 Å². The van der Waals surface area contributed by atoms with Gasteiger partial charge in [0, 0.05) is 30.6 Å². The number of likely N-dealkylation sites (N-methyl/N-ethyl adjacent to an activating group) is 1. The van der Waals surface area contributed by atoms with Crippen molar-refractivity contribution >= 4 is 34.7 Å². The molecule has 0 aromatic carbocycles. The summed E-state index contributed by atoms with van der Waals surface area (Å²) in [7, 11) is 0. The topological polar surface area (TPSA) is 66.7 Å². The number of furan rings is 1. The molecule has 0 bridgehead atoms. The Morgan fingerprint density at radius 3 is 2.83 bits per heavy atom. The second-order valence-corrected chi connectivity index (χ2v) is 6.75. The monoisotopic (exact) mass is 347 g/mol. The zero-order chi connectivity index (χ0) is 17.3. The molecule has 2 aromatic heterocycles. The van der Waals surface area contributed by atoms with Crippen molar-refractivity contribution in [3.63, 3.8) is 0 Å². The molecule has 2 aromatic rings. The van der Waals surface area contributed by atoms with Crippen molar-refractivity contribution in [3.8, 4) is 0 Å². The van der Waals surface area contributed by atoms with Gasteiger partial charge < -0.3 is 14.2 Å². The highest BCUT2D eigenvalue weighted by Crippen LogP contribution is 2.26. The maximum Gasteiger partial charge on any atom is 0.291 e. The predicted octanol–water partition coefficient (Wildman–Crippen LogP) is 2.52. The fraction of sp³-hybridized carbons (Fsp3) is 0.471. The molecule has 128 valence electrons. The molecule has 1 aliphatic heterocycles. The van der Waals surface area contributed by atoms with E-state index in [2.05, 4.69) is 4.98 Å². The predicted molar refractivity (Wildman–Crippen MR) is 94.0 cm³/mol. The average Bonchev–Trinajstić information content (AvgIpc) is 3.21. The quantitative estimate of drug-likeness (QED) is 0.850. The molecular formula is C17H21N3O3S. The molecule has 0 radical (unpaired) electrons. The molecule has 0 N–H and O–H groups in total. The van der Waals surface area contributed by atoms with Gasteiger partial charge in [-0.25, -0.2) is 4.98 Å². The van der Waals surface area contributed by atoms with Gasteiger partial charge in [-0.3, -0.25) is 9.59 Å². The molecule has 0 spiro atoms. The third-order valence-electron chi connectivity index (χ3n) is 4.23. The standard InChI is InChI=1S/C17H21N3O3S/c1-4-19(5-2)16(21)13-9-24-10-20(13)17(22)15-8-12-14(23-15)7-6-11(3)18-12/h6-8,13H,4-5,9-10H2,1-3H3. The number of rotatable bonds is 4. The number of aromatic nitrogens is 1. The fourth-order valence-electron chi connectivity index (χ4n) is 2.87. The van der Waals surface area contributed by atoms with Gasteiger partial charge in [-0.05, 0) is 32.9 Å². The lowest BCUT2D eigenvalue weighted by Gasteiger charge is -2.27. The van der Waals surface area contributed by atoms with E-state index in [4.69, 9.17) is 4.42 Å². The number of fused-ring (bicyclic) bond motifs is 1. The Morgan fingerprint density at radius 2 is 2.12 bits per heavy atom. The van der Waals surface area contributed by atoms with Crippen LogP contribution in [0, 0.1) is 6.92 Å². The van der Waals surface area contributed by atoms with Crippen LogP contribution in [0.4, 0.5) is 0 Å². The van der Waals surface area contributed by atoms with Crippen molar-refractivity contribution < 1.29 is 14.0 Å². The van der Waals surface area contributed by atoms with Crippen molar-refractivity contribution in [1.82, 2.24) is 14.8 Å². The van der Waals surface area contributed by atoms with Gasteiger partial charge in [-0.15, -0.1) is 11.8 Å². The van der Waals surface area contributed by atoms with Crippen LogP contribution in [0.3, 0.4) is 0 Å². The first-order valence-electron chi connectivity index (χ1n) is 8.09. The van der Waals surface area contributed by atoms with Crippen molar-refractivity contribution in [1.29, 1.82) is 0 Å². The van der Waals surface area contributed by atoms with E-state index >= 15 is 0 Å². The summed E-state index contributed by atoms with van der Waals surface area (Å²) in [5.74, 6) is 1.12. The van der Waals surface area contributed by atoms with E-state index in [1.54, 1.807) is 27.6 Å². The SMILES string of the molecule is CCN(CC)C(=O)C1CSCN1C(=O)c1cc2nc(C)ccc2o1. The van der Waals surface area contributed by atoms with Gasteiger partial charge in [0.2, 0.25) is 5.91 Å². The molecular weight excluding hydrogens is 326 g/mol. The van der Waals surface area contributed by atoms with E-state index in [0.29, 0.717) is 35.8 Å². The Hall–Kier alpha value is -2.02. The molecule has 24 heavy (non-hydrogen) atoms. The van der Waals surface area contributed by atoms with E-state index in [1.807, 2.05) is 32.9 Å². The Balaban J connectivity index is 1.85. The lowest BCUT2D eigenvalue weighted by molar-refractivity contribution is -0.134. The number of hydrogen-bond donors (Lipinski definition) is 0. The molecule has 0 aliphatic carbocycles. The Kier molecular flexibility index (Phi) is 4.80. The summed E-state index contributed by atoms with van der Waals surface area (Å²) < 4.78 is 5.65. The van der Waals surface area contributed by atoms with E-state index in [9.17, 15) is 9.59 Å². The summed E-state index contributed by atoms with van der Waals surface area (Å²) in [6, 6.07) is 4.89. The summed E-state index contributed by atoms with van der Waals surface area (Å²) in [6.07, 6.45) is 0. The lowest BCUT2D eigenvalue weighted by Crippen LogP contribution is -2.48. The number of nitrogens with zero attached hydrogens (tertiary/aromatic N) is 3. The molecule has 1 saturated heterocycles. The molecule has 1 unspecified atom stereocenters. The van der Waals surface area contributed by atoms with Gasteiger partial charge in [-0.2, -0.15) is 0 Å². The zero-order valence-corrected chi connectivity index (χ0v) is 14.9. The third-order valence-corrected chi connectivity index (χ3v) is 5.24. The van der Waals surface area contributed by atoms with Gasteiger partial charge in [0.1, 0.15) is 11.6 Å².